The summed E-state index contributed by atoms with van der Waals surface area (Å²) in [6.07, 6.45) is 7.15. The topological polar surface area (TPSA) is 34.4 Å². The molecule has 2 heterocycles. The predicted molar refractivity (Wildman–Crippen MR) is 61.1 cm³/mol. The smallest absolute Gasteiger partial charge is 0.133 e. The molecule has 0 bridgehead atoms. The third-order valence-corrected chi connectivity index (χ3v) is 3.85. The van der Waals surface area contributed by atoms with E-state index in [4.69, 9.17) is 9.15 Å². The maximum atomic E-state index is 5.96. The van der Waals surface area contributed by atoms with E-state index >= 15 is 0 Å². The summed E-state index contributed by atoms with van der Waals surface area (Å²) in [4.78, 5) is 0. The van der Waals surface area contributed by atoms with Crippen molar-refractivity contribution in [3.05, 3.63) is 24.2 Å². The van der Waals surface area contributed by atoms with Crippen LogP contribution in [-0.4, -0.2) is 19.2 Å². The van der Waals surface area contributed by atoms with Crippen molar-refractivity contribution >= 4 is 0 Å². The molecule has 1 saturated carbocycles. The fraction of sp³-hybridized carbons (Fsp3) is 0.692. The summed E-state index contributed by atoms with van der Waals surface area (Å²) in [5.74, 6) is 1.65. The molecule has 16 heavy (non-hydrogen) atoms. The minimum Gasteiger partial charge on any atom is -0.467 e. The van der Waals surface area contributed by atoms with Gasteiger partial charge in [0.05, 0.1) is 12.9 Å². The van der Waals surface area contributed by atoms with Crippen LogP contribution in [0.15, 0.2) is 22.8 Å². The summed E-state index contributed by atoms with van der Waals surface area (Å²) in [6, 6.07) is 4.59. The highest BCUT2D eigenvalue weighted by Crippen LogP contribution is 2.30. The zero-order valence-corrected chi connectivity index (χ0v) is 9.52. The molecule has 88 valence electrons. The first-order valence-corrected chi connectivity index (χ1v) is 6.32. The highest BCUT2D eigenvalue weighted by Gasteiger charge is 2.30. The van der Waals surface area contributed by atoms with Gasteiger partial charge in [-0.2, -0.15) is 0 Å². The Hall–Kier alpha value is -0.800. The minimum absolute atomic E-state index is 0.0978. The van der Waals surface area contributed by atoms with E-state index in [0.717, 1.165) is 18.9 Å². The summed E-state index contributed by atoms with van der Waals surface area (Å²) in [7, 11) is 0. The molecule has 1 aliphatic heterocycles. The number of nitrogens with one attached hydrogen (secondary N) is 1. The van der Waals surface area contributed by atoms with Gasteiger partial charge in [0.25, 0.3) is 0 Å². The van der Waals surface area contributed by atoms with E-state index in [1.54, 1.807) is 6.26 Å². The molecule has 2 fully saturated rings. The van der Waals surface area contributed by atoms with Crippen molar-refractivity contribution in [3.8, 4) is 0 Å². The van der Waals surface area contributed by atoms with Crippen LogP contribution in [0.25, 0.3) is 0 Å². The van der Waals surface area contributed by atoms with Gasteiger partial charge in [0, 0.05) is 12.6 Å². The molecule has 3 rings (SSSR count). The molecule has 0 amide bonds. The van der Waals surface area contributed by atoms with Crippen LogP contribution in [0.4, 0.5) is 0 Å². The van der Waals surface area contributed by atoms with Crippen LogP contribution in [0.2, 0.25) is 0 Å². The number of rotatable bonds is 1. The van der Waals surface area contributed by atoms with Crippen molar-refractivity contribution in [2.24, 2.45) is 5.92 Å². The van der Waals surface area contributed by atoms with Crippen molar-refractivity contribution in [2.75, 3.05) is 13.2 Å². The fourth-order valence-electron chi connectivity index (χ4n) is 2.89. The Balaban J connectivity index is 1.68. The Bertz CT molecular complexity index is 307. The molecule has 1 saturated heterocycles. The van der Waals surface area contributed by atoms with E-state index in [1.165, 1.54) is 25.7 Å². The van der Waals surface area contributed by atoms with E-state index in [0.29, 0.717) is 12.0 Å². The molecular formula is C13H19NO2. The van der Waals surface area contributed by atoms with Crippen LogP contribution in [0, 0.1) is 5.92 Å². The molecule has 3 unspecified atom stereocenters. The second-order valence-corrected chi connectivity index (χ2v) is 4.90. The normalized spacial score (nSPS) is 35.4. The van der Waals surface area contributed by atoms with Gasteiger partial charge in [-0.05, 0) is 30.9 Å². The lowest BCUT2D eigenvalue weighted by atomic mass is 9.85. The van der Waals surface area contributed by atoms with E-state index in [1.807, 2.05) is 12.1 Å². The van der Waals surface area contributed by atoms with Gasteiger partial charge in [-0.15, -0.1) is 0 Å². The van der Waals surface area contributed by atoms with Gasteiger partial charge < -0.3 is 14.5 Å². The van der Waals surface area contributed by atoms with Gasteiger partial charge in [0.15, 0.2) is 0 Å². The van der Waals surface area contributed by atoms with Crippen molar-refractivity contribution in [3.63, 3.8) is 0 Å². The van der Waals surface area contributed by atoms with Gasteiger partial charge in [0.2, 0.25) is 0 Å². The zero-order chi connectivity index (χ0) is 10.8. The molecule has 3 heteroatoms. The lowest BCUT2D eigenvalue weighted by Crippen LogP contribution is -2.38. The Morgan fingerprint density at radius 2 is 2.19 bits per heavy atom. The Labute approximate surface area is 96.2 Å². The lowest BCUT2D eigenvalue weighted by Gasteiger charge is -2.29. The van der Waals surface area contributed by atoms with E-state index in [-0.39, 0.29) is 6.10 Å². The summed E-state index contributed by atoms with van der Waals surface area (Å²) in [5, 5.41) is 3.64. The SMILES string of the molecule is c1coc(C2CNC3CCCCC3CO2)c1. The third kappa shape index (κ3) is 2.02. The molecule has 0 radical (unpaired) electrons. The van der Waals surface area contributed by atoms with Gasteiger partial charge in [-0.1, -0.05) is 12.8 Å². The van der Waals surface area contributed by atoms with Crippen LogP contribution in [0.3, 0.4) is 0 Å². The molecule has 1 aromatic heterocycles. The molecule has 1 aliphatic carbocycles. The van der Waals surface area contributed by atoms with Crippen molar-refractivity contribution in [1.29, 1.82) is 0 Å². The summed E-state index contributed by atoms with van der Waals surface area (Å²) < 4.78 is 11.4. The van der Waals surface area contributed by atoms with Gasteiger partial charge >= 0.3 is 0 Å². The summed E-state index contributed by atoms with van der Waals surface area (Å²) in [6.45, 7) is 1.76. The standard InChI is InChI=1S/C13H19NO2/c1-2-5-11-10(4-1)9-16-13(8-14-11)12-6-3-7-15-12/h3,6-7,10-11,13-14H,1-2,4-5,8-9H2. The zero-order valence-electron chi connectivity index (χ0n) is 9.52. The Kier molecular flexibility index (Phi) is 2.98. The van der Waals surface area contributed by atoms with E-state index in [9.17, 15) is 0 Å². The first-order valence-electron chi connectivity index (χ1n) is 6.32. The average molecular weight is 221 g/mol. The summed E-state index contributed by atoms with van der Waals surface area (Å²) in [5.41, 5.74) is 0. The van der Waals surface area contributed by atoms with Crippen LogP contribution < -0.4 is 5.32 Å². The molecule has 0 spiro atoms. The molecule has 3 nitrogen and oxygen atoms in total. The highest BCUT2D eigenvalue weighted by atomic mass is 16.5. The maximum Gasteiger partial charge on any atom is 0.133 e. The molecule has 0 aromatic carbocycles. The van der Waals surface area contributed by atoms with E-state index < -0.39 is 0 Å². The van der Waals surface area contributed by atoms with E-state index in [2.05, 4.69) is 5.32 Å². The fourth-order valence-corrected chi connectivity index (χ4v) is 2.89. The van der Waals surface area contributed by atoms with Crippen molar-refractivity contribution in [1.82, 2.24) is 5.32 Å². The molecule has 1 aromatic rings. The van der Waals surface area contributed by atoms with Crippen LogP contribution >= 0.6 is 0 Å². The average Bonchev–Trinajstić information content (AvgIpc) is 2.76. The number of hydrogen-bond acceptors (Lipinski definition) is 3. The third-order valence-electron chi connectivity index (χ3n) is 3.85. The molecule has 2 aliphatic rings. The largest absolute Gasteiger partial charge is 0.467 e. The molecule has 3 atom stereocenters. The molecular weight excluding hydrogens is 202 g/mol. The number of hydrogen-bond donors (Lipinski definition) is 1. The monoisotopic (exact) mass is 221 g/mol. The number of furan rings is 1. The van der Waals surface area contributed by atoms with Gasteiger partial charge in [0.1, 0.15) is 11.9 Å². The maximum absolute atomic E-state index is 5.96. The van der Waals surface area contributed by atoms with Gasteiger partial charge in [-0.25, -0.2) is 0 Å². The van der Waals surface area contributed by atoms with Crippen LogP contribution in [0.1, 0.15) is 37.5 Å². The quantitative estimate of drug-likeness (QED) is 0.791. The Morgan fingerprint density at radius 1 is 1.25 bits per heavy atom. The van der Waals surface area contributed by atoms with Crippen molar-refractivity contribution in [2.45, 2.75) is 37.8 Å². The minimum atomic E-state index is 0.0978. The lowest BCUT2D eigenvalue weighted by molar-refractivity contribution is 0.0279. The first kappa shape index (κ1) is 10.4. The number of fused-ring (bicyclic) bond motifs is 1. The first-order chi connectivity index (χ1) is 7.93. The van der Waals surface area contributed by atoms with Crippen LogP contribution in [0.5, 0.6) is 0 Å². The van der Waals surface area contributed by atoms with Crippen LogP contribution in [-0.2, 0) is 4.74 Å². The Morgan fingerprint density at radius 3 is 3.06 bits per heavy atom. The second kappa shape index (κ2) is 4.60. The number of ether oxygens (including phenoxy) is 1. The van der Waals surface area contributed by atoms with Gasteiger partial charge in [-0.3, -0.25) is 0 Å². The highest BCUT2D eigenvalue weighted by molar-refractivity contribution is 5.04. The molecule has 1 N–H and O–H groups in total. The van der Waals surface area contributed by atoms with Crippen molar-refractivity contribution < 1.29 is 9.15 Å². The summed E-state index contributed by atoms with van der Waals surface area (Å²) >= 11 is 0. The second-order valence-electron chi connectivity index (χ2n) is 4.90. The predicted octanol–water partition coefficient (Wildman–Crippen LogP) is 2.50.